The van der Waals surface area contributed by atoms with Crippen molar-refractivity contribution >= 4 is 17.9 Å². The molecule has 0 heterocycles. The summed E-state index contributed by atoms with van der Waals surface area (Å²) in [6.07, 6.45) is 69.7. The van der Waals surface area contributed by atoms with Crippen LogP contribution in [0.25, 0.3) is 0 Å². The summed E-state index contributed by atoms with van der Waals surface area (Å²) in [5.74, 6) is -1.02. The van der Waals surface area contributed by atoms with Crippen LogP contribution in [0.5, 0.6) is 0 Å². The zero-order chi connectivity index (χ0) is 47.2. The van der Waals surface area contributed by atoms with Gasteiger partial charge in [0.15, 0.2) is 6.10 Å². The second-order valence-electron chi connectivity index (χ2n) is 17.4. The zero-order valence-electron chi connectivity index (χ0n) is 42.2. The Morgan fingerprint density at radius 2 is 0.569 bits per heavy atom. The van der Waals surface area contributed by atoms with Gasteiger partial charge >= 0.3 is 17.9 Å². The average molecular weight is 903 g/mol. The molecule has 0 unspecified atom stereocenters. The predicted octanol–water partition coefficient (Wildman–Crippen LogP) is 17.8. The number of esters is 3. The second-order valence-corrected chi connectivity index (χ2v) is 17.4. The number of unbranched alkanes of at least 4 members (excludes halogenated alkanes) is 20. The summed E-state index contributed by atoms with van der Waals surface area (Å²) in [5.41, 5.74) is 0. The Kier molecular flexibility index (Phi) is 50.0. The van der Waals surface area contributed by atoms with Crippen molar-refractivity contribution in [1.82, 2.24) is 0 Å². The van der Waals surface area contributed by atoms with Crippen LogP contribution in [0.1, 0.15) is 239 Å². The van der Waals surface area contributed by atoms with Gasteiger partial charge in [0, 0.05) is 19.3 Å². The van der Waals surface area contributed by atoms with Crippen LogP contribution in [0.4, 0.5) is 0 Å². The Morgan fingerprint density at radius 1 is 0.308 bits per heavy atom. The second kappa shape index (κ2) is 52.9. The molecular formula is C59H98O6. The standard InChI is InChI=1S/C59H98O6/c1-4-7-10-13-16-19-22-25-28-29-32-34-37-40-43-46-49-52-58(61)64-55-56(65-59(62)53-50-47-44-41-38-35-31-27-24-21-18-15-12-9-6-3)54-63-57(60)51-48-45-42-39-36-33-30-26-23-20-17-14-11-8-5-2/h17-18,20-21,25-28,30-32,34,36,39-40,43,56H,4-16,19,22-24,29,33,35,37-38,41-42,44-55H2,1-3H3/b20-17-,21-18-,28-25-,30-26-,31-27-,34-32-,39-36-,43-40-/t56-/m1/s1. The molecule has 0 aliphatic rings. The number of hydrogen-bond acceptors (Lipinski definition) is 6. The highest BCUT2D eigenvalue weighted by molar-refractivity contribution is 5.71. The van der Waals surface area contributed by atoms with E-state index in [1.807, 2.05) is 0 Å². The summed E-state index contributed by atoms with van der Waals surface area (Å²) in [6, 6.07) is 0. The fourth-order valence-corrected chi connectivity index (χ4v) is 6.96. The van der Waals surface area contributed by atoms with Crippen LogP contribution in [0, 0.1) is 0 Å². The molecule has 0 fully saturated rings. The molecule has 0 aromatic carbocycles. The minimum Gasteiger partial charge on any atom is -0.462 e. The van der Waals surface area contributed by atoms with Gasteiger partial charge in [0.1, 0.15) is 13.2 Å². The van der Waals surface area contributed by atoms with E-state index in [4.69, 9.17) is 14.2 Å². The fourth-order valence-electron chi connectivity index (χ4n) is 6.96. The molecule has 0 radical (unpaired) electrons. The van der Waals surface area contributed by atoms with Gasteiger partial charge < -0.3 is 14.2 Å². The Hall–Kier alpha value is -3.67. The number of carbonyl (C=O) groups is 3. The summed E-state index contributed by atoms with van der Waals surface area (Å²) >= 11 is 0. The first-order valence-corrected chi connectivity index (χ1v) is 26.7. The lowest BCUT2D eigenvalue weighted by Gasteiger charge is -2.18. The van der Waals surface area contributed by atoms with E-state index in [1.165, 1.54) is 96.3 Å². The molecule has 6 heteroatoms. The topological polar surface area (TPSA) is 78.9 Å². The van der Waals surface area contributed by atoms with Crippen molar-refractivity contribution in [3.63, 3.8) is 0 Å². The Balaban J connectivity index is 4.55. The lowest BCUT2D eigenvalue weighted by molar-refractivity contribution is -0.167. The van der Waals surface area contributed by atoms with Crippen molar-refractivity contribution in [3.8, 4) is 0 Å². The van der Waals surface area contributed by atoms with Crippen LogP contribution < -0.4 is 0 Å². The first kappa shape index (κ1) is 61.3. The van der Waals surface area contributed by atoms with E-state index < -0.39 is 6.10 Å². The van der Waals surface area contributed by atoms with E-state index in [0.717, 1.165) is 96.3 Å². The summed E-state index contributed by atoms with van der Waals surface area (Å²) in [4.78, 5) is 38.0. The fraction of sp³-hybridized carbons (Fsp3) is 0.678. The maximum absolute atomic E-state index is 12.8. The Bertz CT molecular complexity index is 1310. The van der Waals surface area contributed by atoms with E-state index in [1.54, 1.807) is 0 Å². The smallest absolute Gasteiger partial charge is 0.306 e. The molecule has 0 aromatic heterocycles. The van der Waals surface area contributed by atoms with Crippen LogP contribution in [-0.4, -0.2) is 37.2 Å². The molecule has 370 valence electrons. The van der Waals surface area contributed by atoms with E-state index in [9.17, 15) is 14.4 Å². The molecule has 0 aliphatic carbocycles. The molecular weight excluding hydrogens is 805 g/mol. The molecule has 0 aromatic rings. The van der Waals surface area contributed by atoms with Crippen LogP contribution >= 0.6 is 0 Å². The molecule has 0 saturated heterocycles. The molecule has 0 N–H and O–H groups in total. The third-order valence-electron chi connectivity index (χ3n) is 11.0. The number of rotatable bonds is 47. The SMILES string of the molecule is CCCCC/C=C\C/C=C\C/C=C\CCCCC(=O)OC[C@H](COC(=O)CCC/C=C\C/C=C\C/C=C\CCCCCCCC)OC(=O)CCCCCCC/C=C\C/C=C\CCCCC. The van der Waals surface area contributed by atoms with Crippen LogP contribution in [0.15, 0.2) is 97.2 Å². The molecule has 0 spiro atoms. The van der Waals surface area contributed by atoms with Crippen molar-refractivity contribution in [2.45, 2.75) is 245 Å². The summed E-state index contributed by atoms with van der Waals surface area (Å²) in [5, 5.41) is 0. The highest BCUT2D eigenvalue weighted by Gasteiger charge is 2.19. The van der Waals surface area contributed by atoms with Gasteiger partial charge in [-0.25, -0.2) is 0 Å². The number of hydrogen-bond donors (Lipinski definition) is 0. The number of allylic oxidation sites excluding steroid dienone is 16. The van der Waals surface area contributed by atoms with Crippen molar-refractivity contribution in [3.05, 3.63) is 97.2 Å². The van der Waals surface area contributed by atoms with Gasteiger partial charge in [-0.2, -0.15) is 0 Å². The van der Waals surface area contributed by atoms with Gasteiger partial charge in [-0.05, 0) is 122 Å². The summed E-state index contributed by atoms with van der Waals surface area (Å²) in [6.45, 7) is 6.48. The Labute approximate surface area is 400 Å². The lowest BCUT2D eigenvalue weighted by Crippen LogP contribution is -2.30. The predicted molar refractivity (Wildman–Crippen MR) is 279 cm³/mol. The largest absolute Gasteiger partial charge is 0.462 e. The third-order valence-corrected chi connectivity index (χ3v) is 11.0. The highest BCUT2D eigenvalue weighted by Crippen LogP contribution is 2.12. The van der Waals surface area contributed by atoms with Crippen LogP contribution in [0.3, 0.4) is 0 Å². The quantitative estimate of drug-likeness (QED) is 0.0262. The lowest BCUT2D eigenvalue weighted by atomic mass is 10.1. The average Bonchev–Trinajstić information content (AvgIpc) is 3.30. The van der Waals surface area contributed by atoms with E-state index in [0.29, 0.717) is 19.3 Å². The van der Waals surface area contributed by atoms with Gasteiger partial charge in [0.2, 0.25) is 0 Å². The molecule has 0 rings (SSSR count). The number of ether oxygens (including phenoxy) is 3. The van der Waals surface area contributed by atoms with E-state index in [-0.39, 0.29) is 37.5 Å². The maximum atomic E-state index is 12.8. The van der Waals surface area contributed by atoms with Gasteiger partial charge in [0.25, 0.3) is 0 Å². The van der Waals surface area contributed by atoms with Crippen molar-refractivity contribution in [1.29, 1.82) is 0 Å². The van der Waals surface area contributed by atoms with Gasteiger partial charge in [-0.1, -0.05) is 195 Å². The normalized spacial score (nSPS) is 12.8. The monoisotopic (exact) mass is 903 g/mol. The molecule has 0 saturated carbocycles. The van der Waals surface area contributed by atoms with Gasteiger partial charge in [-0.3, -0.25) is 14.4 Å². The highest BCUT2D eigenvalue weighted by atomic mass is 16.6. The van der Waals surface area contributed by atoms with Crippen molar-refractivity contribution in [2.75, 3.05) is 13.2 Å². The first-order valence-electron chi connectivity index (χ1n) is 26.7. The van der Waals surface area contributed by atoms with E-state index in [2.05, 4.69) is 118 Å². The van der Waals surface area contributed by atoms with Gasteiger partial charge in [-0.15, -0.1) is 0 Å². The first-order chi connectivity index (χ1) is 32.0. The van der Waals surface area contributed by atoms with Crippen molar-refractivity contribution in [2.24, 2.45) is 0 Å². The maximum Gasteiger partial charge on any atom is 0.306 e. The molecule has 1 atom stereocenters. The molecule has 0 bridgehead atoms. The minimum absolute atomic E-state index is 0.120. The molecule has 65 heavy (non-hydrogen) atoms. The van der Waals surface area contributed by atoms with E-state index >= 15 is 0 Å². The third kappa shape index (κ3) is 51.2. The zero-order valence-corrected chi connectivity index (χ0v) is 42.2. The molecule has 6 nitrogen and oxygen atoms in total. The molecule has 0 aliphatic heterocycles. The number of carbonyl (C=O) groups excluding carboxylic acids is 3. The summed E-state index contributed by atoms with van der Waals surface area (Å²) in [7, 11) is 0. The van der Waals surface area contributed by atoms with Crippen LogP contribution in [-0.2, 0) is 28.6 Å². The Morgan fingerprint density at radius 3 is 0.985 bits per heavy atom. The minimum atomic E-state index is -0.821. The van der Waals surface area contributed by atoms with Crippen LogP contribution in [0.2, 0.25) is 0 Å². The van der Waals surface area contributed by atoms with Crippen molar-refractivity contribution < 1.29 is 28.6 Å². The molecule has 0 amide bonds. The van der Waals surface area contributed by atoms with Gasteiger partial charge in [0.05, 0.1) is 0 Å². The summed E-state index contributed by atoms with van der Waals surface area (Å²) < 4.78 is 16.7.